The Balaban J connectivity index is 2.61. The van der Waals surface area contributed by atoms with Crippen molar-refractivity contribution >= 4 is 12.3 Å². The number of tetrazole rings is 1. The molecule has 0 bridgehead atoms. The summed E-state index contributed by atoms with van der Waals surface area (Å²) in [5, 5.41) is 10.5. The van der Waals surface area contributed by atoms with Gasteiger partial charge in [0.2, 0.25) is 0 Å². The molecule has 1 aromatic rings. The highest BCUT2D eigenvalue weighted by atomic mass is 16.5. The molecule has 0 fully saturated rings. The summed E-state index contributed by atoms with van der Waals surface area (Å²) in [5.41, 5.74) is 0. The third-order valence-corrected chi connectivity index (χ3v) is 1.46. The molecule has 0 spiro atoms. The maximum Gasteiger partial charge on any atom is 0.313 e. The molecule has 0 amide bonds. The van der Waals surface area contributed by atoms with E-state index in [1.54, 1.807) is 6.92 Å². The van der Waals surface area contributed by atoms with Crippen LogP contribution < -0.4 is 0 Å². The highest BCUT2D eigenvalue weighted by molar-refractivity contribution is 5.71. The zero-order chi connectivity index (χ0) is 10.4. The number of esters is 1. The van der Waals surface area contributed by atoms with Crippen molar-refractivity contribution in [1.82, 2.24) is 20.2 Å². The third-order valence-electron chi connectivity index (χ3n) is 1.46. The monoisotopic (exact) mass is 198 g/mol. The van der Waals surface area contributed by atoms with Gasteiger partial charge in [-0.3, -0.25) is 4.79 Å². The second-order valence-electron chi connectivity index (χ2n) is 2.43. The van der Waals surface area contributed by atoms with Crippen molar-refractivity contribution in [2.45, 2.75) is 19.9 Å². The maximum absolute atomic E-state index is 11.0. The van der Waals surface area contributed by atoms with E-state index in [-0.39, 0.29) is 13.0 Å². The van der Waals surface area contributed by atoms with Crippen molar-refractivity contribution in [1.29, 1.82) is 0 Å². The third kappa shape index (κ3) is 2.61. The first-order valence-electron chi connectivity index (χ1n) is 4.12. The van der Waals surface area contributed by atoms with Crippen molar-refractivity contribution < 1.29 is 14.3 Å². The Labute approximate surface area is 80.0 Å². The lowest BCUT2D eigenvalue weighted by Gasteiger charge is -2.00. The van der Waals surface area contributed by atoms with Crippen molar-refractivity contribution in [2.75, 3.05) is 6.61 Å². The van der Waals surface area contributed by atoms with Crippen LogP contribution in [0.2, 0.25) is 0 Å². The maximum atomic E-state index is 11.0. The number of hydrogen-bond acceptors (Lipinski definition) is 6. The molecule has 1 heterocycles. The lowest BCUT2D eigenvalue weighted by molar-refractivity contribution is -0.142. The molecule has 0 aliphatic heterocycles. The van der Waals surface area contributed by atoms with E-state index in [9.17, 15) is 9.59 Å². The molecule has 0 saturated carbocycles. The molecular weight excluding hydrogens is 188 g/mol. The summed E-state index contributed by atoms with van der Waals surface area (Å²) in [6.45, 7) is 2.07. The Morgan fingerprint density at radius 1 is 1.64 bits per heavy atom. The van der Waals surface area contributed by atoms with E-state index in [0.717, 1.165) is 0 Å². The van der Waals surface area contributed by atoms with Crippen LogP contribution in [0, 0.1) is 0 Å². The largest absolute Gasteiger partial charge is 0.466 e. The van der Waals surface area contributed by atoms with E-state index in [1.807, 2.05) is 0 Å². The highest BCUT2D eigenvalue weighted by Gasteiger charge is 2.11. The quantitative estimate of drug-likeness (QED) is 0.444. The van der Waals surface area contributed by atoms with Crippen molar-refractivity contribution in [2.24, 2.45) is 0 Å². The fourth-order valence-electron chi connectivity index (χ4n) is 0.903. The van der Waals surface area contributed by atoms with Gasteiger partial charge in [-0.2, -0.15) is 0 Å². The SMILES string of the molecule is CCOC(=O)Cc1nnnn1CC=O. The number of aromatic nitrogens is 4. The van der Waals surface area contributed by atoms with Crippen molar-refractivity contribution in [3.05, 3.63) is 5.82 Å². The number of rotatable bonds is 5. The molecule has 14 heavy (non-hydrogen) atoms. The van der Waals surface area contributed by atoms with Crippen molar-refractivity contribution in [3.8, 4) is 0 Å². The van der Waals surface area contributed by atoms with Crippen LogP contribution >= 0.6 is 0 Å². The molecule has 0 atom stereocenters. The van der Waals surface area contributed by atoms with Crippen molar-refractivity contribution in [3.63, 3.8) is 0 Å². The Morgan fingerprint density at radius 2 is 2.43 bits per heavy atom. The smallest absolute Gasteiger partial charge is 0.313 e. The summed E-state index contributed by atoms with van der Waals surface area (Å²) < 4.78 is 5.97. The molecule has 1 rings (SSSR count). The molecule has 0 aliphatic rings. The summed E-state index contributed by atoms with van der Waals surface area (Å²) in [6.07, 6.45) is 0.639. The van der Waals surface area contributed by atoms with Gasteiger partial charge in [0.1, 0.15) is 19.3 Å². The van der Waals surface area contributed by atoms with Gasteiger partial charge in [-0.1, -0.05) is 0 Å². The molecule has 7 heteroatoms. The van der Waals surface area contributed by atoms with E-state index >= 15 is 0 Å². The first-order chi connectivity index (χ1) is 6.77. The molecule has 0 aliphatic carbocycles. The molecule has 0 radical (unpaired) electrons. The molecular formula is C7H10N4O3. The lowest BCUT2D eigenvalue weighted by atomic mass is 10.4. The minimum absolute atomic E-state index is 0.0192. The van der Waals surface area contributed by atoms with Crippen LogP contribution in [-0.2, 0) is 27.3 Å². The second-order valence-corrected chi connectivity index (χ2v) is 2.43. The summed E-state index contributed by atoms with van der Waals surface area (Å²) >= 11 is 0. The summed E-state index contributed by atoms with van der Waals surface area (Å²) in [5.74, 6) is -0.0787. The van der Waals surface area contributed by atoms with E-state index in [0.29, 0.717) is 18.7 Å². The van der Waals surface area contributed by atoms with Crippen LogP contribution in [-0.4, -0.2) is 39.1 Å². The predicted octanol–water partition coefficient (Wildman–Crippen LogP) is -1.02. The van der Waals surface area contributed by atoms with Crippen LogP contribution in [0.15, 0.2) is 0 Å². The fraction of sp³-hybridized carbons (Fsp3) is 0.571. The van der Waals surface area contributed by atoms with Gasteiger partial charge in [0.25, 0.3) is 0 Å². The lowest BCUT2D eigenvalue weighted by Crippen LogP contribution is -2.14. The van der Waals surface area contributed by atoms with Gasteiger partial charge in [0.15, 0.2) is 5.82 Å². The number of carbonyl (C=O) groups is 2. The first-order valence-corrected chi connectivity index (χ1v) is 4.12. The molecule has 0 saturated heterocycles. The molecule has 76 valence electrons. The fourth-order valence-corrected chi connectivity index (χ4v) is 0.903. The zero-order valence-electron chi connectivity index (χ0n) is 7.71. The topological polar surface area (TPSA) is 87.0 Å². The summed E-state index contributed by atoms with van der Waals surface area (Å²) in [4.78, 5) is 21.3. The number of hydrogen-bond donors (Lipinski definition) is 0. The van der Waals surface area contributed by atoms with Crippen LogP contribution in [0.4, 0.5) is 0 Å². The standard InChI is InChI=1S/C7H10N4O3/c1-2-14-7(13)5-6-8-9-10-11(6)3-4-12/h4H,2-3,5H2,1H3. The predicted molar refractivity (Wildman–Crippen MR) is 44.2 cm³/mol. The molecule has 1 aromatic heterocycles. The number of ether oxygens (including phenoxy) is 1. The minimum Gasteiger partial charge on any atom is -0.466 e. The van der Waals surface area contributed by atoms with Gasteiger partial charge < -0.3 is 9.53 Å². The average Bonchev–Trinajstić information content (AvgIpc) is 2.54. The van der Waals surface area contributed by atoms with Gasteiger partial charge >= 0.3 is 5.97 Å². The second kappa shape index (κ2) is 5.05. The molecule has 7 nitrogen and oxygen atoms in total. The van der Waals surface area contributed by atoms with E-state index in [1.165, 1.54) is 4.68 Å². The summed E-state index contributed by atoms with van der Waals surface area (Å²) in [6, 6.07) is 0. The molecule has 0 N–H and O–H groups in total. The number of nitrogens with zero attached hydrogens (tertiary/aromatic N) is 4. The van der Waals surface area contributed by atoms with Crippen LogP contribution in [0.1, 0.15) is 12.7 Å². The Bertz CT molecular complexity index is 322. The summed E-state index contributed by atoms with van der Waals surface area (Å²) in [7, 11) is 0. The van der Waals surface area contributed by atoms with E-state index in [2.05, 4.69) is 15.5 Å². The van der Waals surface area contributed by atoms with Gasteiger partial charge in [-0.25, -0.2) is 4.68 Å². The van der Waals surface area contributed by atoms with E-state index < -0.39 is 5.97 Å². The number of aldehydes is 1. The van der Waals surface area contributed by atoms with Gasteiger partial charge in [0.05, 0.1) is 6.61 Å². The highest BCUT2D eigenvalue weighted by Crippen LogP contribution is 1.94. The molecule has 0 unspecified atom stereocenters. The molecule has 0 aromatic carbocycles. The Morgan fingerprint density at radius 3 is 3.07 bits per heavy atom. The first kappa shape index (κ1) is 10.3. The van der Waals surface area contributed by atoms with Gasteiger partial charge in [-0.05, 0) is 17.4 Å². The van der Waals surface area contributed by atoms with Crippen LogP contribution in [0.25, 0.3) is 0 Å². The van der Waals surface area contributed by atoms with E-state index in [4.69, 9.17) is 4.74 Å². The Kier molecular flexibility index (Phi) is 3.71. The average molecular weight is 198 g/mol. The van der Waals surface area contributed by atoms with Gasteiger partial charge in [-0.15, -0.1) is 5.10 Å². The Hall–Kier alpha value is -1.79. The van der Waals surface area contributed by atoms with Crippen LogP contribution in [0.3, 0.4) is 0 Å². The van der Waals surface area contributed by atoms with Crippen LogP contribution in [0.5, 0.6) is 0 Å². The number of carbonyl (C=O) groups excluding carboxylic acids is 2. The van der Waals surface area contributed by atoms with Gasteiger partial charge in [0, 0.05) is 0 Å². The zero-order valence-corrected chi connectivity index (χ0v) is 7.71. The minimum atomic E-state index is -0.408. The normalized spacial score (nSPS) is 9.79.